The van der Waals surface area contributed by atoms with Crippen LogP contribution >= 0.6 is 0 Å². The number of esters is 1. The molecule has 4 heteroatoms. The fourth-order valence-corrected chi connectivity index (χ4v) is 4.76. The quantitative estimate of drug-likeness (QED) is 0.618. The maximum atomic E-state index is 12.2. The zero-order valence-corrected chi connectivity index (χ0v) is 17.1. The lowest BCUT2D eigenvalue weighted by Gasteiger charge is -2.51. The summed E-state index contributed by atoms with van der Waals surface area (Å²) in [5.41, 5.74) is 0.243. The molecule has 146 valence electrons. The van der Waals surface area contributed by atoms with Crippen LogP contribution in [0.5, 0.6) is 0 Å². The van der Waals surface area contributed by atoms with Gasteiger partial charge in [0.25, 0.3) is 0 Å². The molecule has 1 aliphatic rings. The van der Waals surface area contributed by atoms with Gasteiger partial charge in [0.05, 0.1) is 7.11 Å². The van der Waals surface area contributed by atoms with Crippen LogP contribution in [-0.2, 0) is 14.3 Å². The summed E-state index contributed by atoms with van der Waals surface area (Å²) in [4.78, 5) is 23.6. The average Bonchev–Trinajstić information content (AvgIpc) is 2.50. The highest BCUT2D eigenvalue weighted by molar-refractivity contribution is 5.82. The van der Waals surface area contributed by atoms with Crippen molar-refractivity contribution in [2.45, 2.75) is 92.1 Å². The number of carbonyl (C=O) groups excluding carboxylic acids is 2. The second kappa shape index (κ2) is 9.16. The van der Waals surface area contributed by atoms with Crippen molar-refractivity contribution in [3.05, 3.63) is 0 Å². The summed E-state index contributed by atoms with van der Waals surface area (Å²) < 4.78 is 4.75. The van der Waals surface area contributed by atoms with Gasteiger partial charge in [-0.3, -0.25) is 9.59 Å². The molecule has 0 aromatic carbocycles. The summed E-state index contributed by atoms with van der Waals surface area (Å²) >= 11 is 0. The predicted octanol–water partition coefficient (Wildman–Crippen LogP) is 4.53. The van der Waals surface area contributed by atoms with Gasteiger partial charge < -0.3 is 9.84 Å². The topological polar surface area (TPSA) is 63.6 Å². The van der Waals surface area contributed by atoms with Crippen molar-refractivity contribution in [3.63, 3.8) is 0 Å². The highest BCUT2D eigenvalue weighted by atomic mass is 16.5. The Bertz CT molecular complexity index is 455. The predicted molar refractivity (Wildman–Crippen MR) is 100 cm³/mol. The summed E-state index contributed by atoms with van der Waals surface area (Å²) in [6, 6.07) is 0. The molecule has 1 fully saturated rings. The van der Waals surface area contributed by atoms with Gasteiger partial charge in [-0.05, 0) is 48.9 Å². The molecule has 0 spiro atoms. The minimum atomic E-state index is -0.873. The first kappa shape index (κ1) is 22.1. The molecule has 0 unspecified atom stereocenters. The van der Waals surface area contributed by atoms with Crippen molar-refractivity contribution in [2.24, 2.45) is 22.7 Å². The van der Waals surface area contributed by atoms with Crippen molar-refractivity contribution < 1.29 is 19.4 Å². The highest BCUT2D eigenvalue weighted by Crippen LogP contribution is 2.55. The van der Waals surface area contributed by atoms with Crippen molar-refractivity contribution in [1.82, 2.24) is 0 Å². The van der Waals surface area contributed by atoms with E-state index in [4.69, 9.17) is 4.74 Å². The number of aliphatic hydroxyl groups excluding tert-OH is 1. The zero-order chi connectivity index (χ0) is 19.3. The van der Waals surface area contributed by atoms with E-state index in [-0.39, 0.29) is 22.6 Å². The number of carbonyl (C=O) groups is 2. The third-order valence-electron chi connectivity index (χ3n) is 6.41. The fourth-order valence-electron chi connectivity index (χ4n) is 4.76. The van der Waals surface area contributed by atoms with Crippen molar-refractivity contribution in [3.8, 4) is 0 Å². The largest absolute Gasteiger partial charge is 0.469 e. The number of ketones is 1. The van der Waals surface area contributed by atoms with Crippen LogP contribution < -0.4 is 0 Å². The van der Waals surface area contributed by atoms with E-state index in [1.54, 1.807) is 6.92 Å². The highest BCUT2D eigenvalue weighted by Gasteiger charge is 2.46. The normalized spacial score (nSPS) is 28.2. The molecule has 1 N–H and O–H groups in total. The Morgan fingerprint density at radius 3 is 2.40 bits per heavy atom. The van der Waals surface area contributed by atoms with Gasteiger partial charge in [-0.1, -0.05) is 47.0 Å². The lowest BCUT2D eigenvalue weighted by molar-refractivity contribution is -0.141. The number of ether oxygens (including phenoxy) is 1. The molecular weight excluding hydrogens is 316 g/mol. The molecule has 1 saturated carbocycles. The maximum Gasteiger partial charge on any atom is 0.305 e. The Morgan fingerprint density at radius 2 is 1.84 bits per heavy atom. The van der Waals surface area contributed by atoms with Crippen LogP contribution in [0.25, 0.3) is 0 Å². The molecule has 0 aromatic heterocycles. The van der Waals surface area contributed by atoms with Crippen LogP contribution in [0.1, 0.15) is 86.0 Å². The smallest absolute Gasteiger partial charge is 0.305 e. The average molecular weight is 355 g/mol. The van der Waals surface area contributed by atoms with E-state index in [2.05, 4.69) is 27.7 Å². The molecular formula is C21H38O4. The number of rotatable bonds is 9. The van der Waals surface area contributed by atoms with Crippen molar-refractivity contribution in [1.29, 1.82) is 0 Å². The van der Waals surface area contributed by atoms with E-state index in [0.717, 1.165) is 32.1 Å². The van der Waals surface area contributed by atoms with Gasteiger partial charge in [0.2, 0.25) is 0 Å². The Morgan fingerprint density at radius 1 is 1.20 bits per heavy atom. The van der Waals surface area contributed by atoms with Gasteiger partial charge >= 0.3 is 5.97 Å². The third kappa shape index (κ3) is 6.40. The van der Waals surface area contributed by atoms with E-state index in [1.165, 1.54) is 13.5 Å². The lowest BCUT2D eigenvalue weighted by Crippen LogP contribution is -2.44. The molecule has 4 atom stereocenters. The molecule has 0 saturated heterocycles. The number of methoxy groups -OCH3 is 1. The van der Waals surface area contributed by atoms with Gasteiger partial charge in [-0.2, -0.15) is 0 Å². The summed E-state index contributed by atoms with van der Waals surface area (Å²) in [5, 5.41) is 9.65. The Kier molecular flexibility index (Phi) is 8.11. The lowest BCUT2D eigenvalue weighted by atomic mass is 9.53. The monoisotopic (exact) mass is 354 g/mol. The maximum absolute atomic E-state index is 12.2. The molecule has 0 heterocycles. The summed E-state index contributed by atoms with van der Waals surface area (Å²) in [6.45, 7) is 10.5. The zero-order valence-electron chi connectivity index (χ0n) is 17.1. The summed E-state index contributed by atoms with van der Waals surface area (Å²) in [6.07, 6.45) is 6.68. The molecule has 0 amide bonds. The van der Waals surface area contributed by atoms with Gasteiger partial charge in [-0.15, -0.1) is 0 Å². The summed E-state index contributed by atoms with van der Waals surface area (Å²) in [5.74, 6) is 0.445. The number of hydrogen-bond acceptors (Lipinski definition) is 4. The number of Topliss-reactive ketones (excluding diaryl/α,β-unsaturated/α-hetero) is 1. The van der Waals surface area contributed by atoms with Crippen LogP contribution in [0, 0.1) is 22.7 Å². The van der Waals surface area contributed by atoms with Crippen molar-refractivity contribution >= 4 is 11.8 Å². The first-order valence-corrected chi connectivity index (χ1v) is 9.79. The minimum Gasteiger partial charge on any atom is -0.469 e. The number of hydrogen-bond donors (Lipinski definition) is 1. The van der Waals surface area contributed by atoms with Crippen LogP contribution in [0.4, 0.5) is 0 Å². The molecule has 1 aliphatic carbocycles. The van der Waals surface area contributed by atoms with Gasteiger partial charge in [0, 0.05) is 12.8 Å². The van der Waals surface area contributed by atoms with E-state index < -0.39 is 6.10 Å². The number of aliphatic hydroxyl groups is 1. The molecule has 0 aliphatic heterocycles. The van der Waals surface area contributed by atoms with Gasteiger partial charge in [0.1, 0.15) is 6.10 Å². The minimum absolute atomic E-state index is 0.0368. The van der Waals surface area contributed by atoms with E-state index >= 15 is 0 Å². The molecule has 4 nitrogen and oxygen atoms in total. The van der Waals surface area contributed by atoms with E-state index in [9.17, 15) is 14.7 Å². The van der Waals surface area contributed by atoms with Crippen LogP contribution in [0.15, 0.2) is 0 Å². The van der Waals surface area contributed by atoms with Crippen LogP contribution in [-0.4, -0.2) is 30.1 Å². The molecule has 0 aromatic rings. The molecule has 0 bridgehead atoms. The second-order valence-electron chi connectivity index (χ2n) is 9.17. The summed E-state index contributed by atoms with van der Waals surface area (Å²) in [7, 11) is 1.43. The first-order chi connectivity index (χ1) is 11.5. The SMILES string of the molecule is COC(=O)C[C@@H](C)CCC[C@@]1(C)CCCC(C)(C)[C@@H]1CC(=O)[C@H](C)O. The first-order valence-electron chi connectivity index (χ1n) is 9.79. The van der Waals surface area contributed by atoms with E-state index in [1.807, 2.05) is 0 Å². The third-order valence-corrected chi connectivity index (χ3v) is 6.41. The Labute approximate surface area is 153 Å². The Hall–Kier alpha value is -0.900. The Balaban J connectivity index is 2.71. The fraction of sp³-hybridized carbons (Fsp3) is 0.905. The molecule has 1 rings (SSSR count). The van der Waals surface area contributed by atoms with Crippen LogP contribution in [0.2, 0.25) is 0 Å². The second-order valence-corrected chi connectivity index (χ2v) is 9.17. The van der Waals surface area contributed by atoms with Gasteiger partial charge in [0.15, 0.2) is 5.78 Å². The standard InChI is InChI=1S/C21H38O4/c1-15(13-19(24)25-6)9-7-11-21(5)12-8-10-20(3,4)18(21)14-17(23)16(2)22/h15-16,18,22H,7-14H2,1-6H3/t15-,16-,18-,21-/m0/s1. The van der Waals surface area contributed by atoms with E-state index in [0.29, 0.717) is 24.7 Å². The van der Waals surface area contributed by atoms with Crippen LogP contribution in [0.3, 0.4) is 0 Å². The van der Waals surface area contributed by atoms with Crippen molar-refractivity contribution in [2.75, 3.05) is 7.11 Å². The van der Waals surface area contributed by atoms with Gasteiger partial charge in [-0.25, -0.2) is 0 Å². The molecule has 25 heavy (non-hydrogen) atoms. The molecule has 0 radical (unpaired) electrons.